The zero-order valence-corrected chi connectivity index (χ0v) is 23.1. The summed E-state index contributed by atoms with van der Waals surface area (Å²) in [7, 11) is 5.19. The maximum absolute atomic E-state index is 9.50. The van der Waals surface area contributed by atoms with E-state index < -0.39 is 0 Å². The highest BCUT2D eigenvalue weighted by Crippen LogP contribution is 2.21. The molecule has 2 aromatic carbocycles. The molecule has 1 aliphatic rings. The highest BCUT2D eigenvalue weighted by atomic mass is 16.5. The molecule has 2 atom stereocenters. The summed E-state index contributed by atoms with van der Waals surface area (Å²) in [5.74, 6) is 1.48. The normalized spacial score (nSPS) is 16.2. The van der Waals surface area contributed by atoms with Gasteiger partial charge in [0.2, 0.25) is 5.95 Å². The second-order valence-corrected chi connectivity index (χ2v) is 8.46. The van der Waals surface area contributed by atoms with E-state index in [1.165, 1.54) is 16.3 Å². The standard InChI is InChI=1S/C15H24N4O2.C11H10.C2H6O.C2H4/c1-4-21-11(2)12-7-17-15(18-8-12)19-6-5-14(16-3)13(9-19)10-20;1-9-6-7-10-4-2-3-5-11(10)8-9;1-3-2;1-2/h7-8,13-14,16,20H,2,4-6,9-10H2,1,3H3;2-8H,1H3;1-2H3;1-2H2/t13-,14-;;;/m1.../s1. The number of fused-ring (bicyclic) bond motifs is 1. The minimum absolute atomic E-state index is 0.168. The summed E-state index contributed by atoms with van der Waals surface area (Å²) in [5, 5.41) is 15.4. The largest absolute Gasteiger partial charge is 0.494 e. The first kappa shape index (κ1) is 31.8. The van der Waals surface area contributed by atoms with E-state index in [-0.39, 0.29) is 12.5 Å². The minimum Gasteiger partial charge on any atom is -0.494 e. The first-order valence-corrected chi connectivity index (χ1v) is 12.5. The van der Waals surface area contributed by atoms with Gasteiger partial charge in [0, 0.05) is 58.3 Å². The molecule has 1 fully saturated rings. The first-order chi connectivity index (χ1) is 18.0. The number of aryl methyl sites for hydroxylation is 1. The molecule has 1 aromatic heterocycles. The summed E-state index contributed by atoms with van der Waals surface area (Å²) in [6.45, 7) is 16.3. The van der Waals surface area contributed by atoms with Gasteiger partial charge in [-0.1, -0.05) is 54.6 Å². The molecule has 0 radical (unpaired) electrons. The number of benzene rings is 2. The third-order valence-electron chi connectivity index (χ3n) is 5.81. The maximum atomic E-state index is 9.50. The third kappa shape index (κ3) is 10.3. The van der Waals surface area contributed by atoms with Gasteiger partial charge in [-0.3, -0.25) is 0 Å². The molecule has 1 aliphatic heterocycles. The van der Waals surface area contributed by atoms with Crippen LogP contribution < -0.4 is 10.2 Å². The van der Waals surface area contributed by atoms with E-state index in [4.69, 9.17) is 4.74 Å². The van der Waals surface area contributed by atoms with Gasteiger partial charge < -0.3 is 24.8 Å². The lowest BCUT2D eigenvalue weighted by Gasteiger charge is -2.37. The molecule has 0 spiro atoms. The quantitative estimate of drug-likeness (QED) is 0.354. The molecular weight excluding hydrogens is 464 g/mol. The number of ether oxygens (including phenoxy) is 2. The van der Waals surface area contributed by atoms with Crippen LogP contribution in [0.25, 0.3) is 16.5 Å². The van der Waals surface area contributed by atoms with Crippen molar-refractivity contribution in [2.75, 3.05) is 52.5 Å². The van der Waals surface area contributed by atoms with Crippen LogP contribution in [0.5, 0.6) is 0 Å². The van der Waals surface area contributed by atoms with Crippen molar-refractivity contribution in [2.24, 2.45) is 5.92 Å². The summed E-state index contributed by atoms with van der Waals surface area (Å²) in [6, 6.07) is 15.3. The summed E-state index contributed by atoms with van der Waals surface area (Å²) in [5.41, 5.74) is 2.12. The number of aliphatic hydroxyl groups excluding tert-OH is 1. The molecular formula is C30H44N4O3. The molecule has 3 aromatic rings. The van der Waals surface area contributed by atoms with E-state index >= 15 is 0 Å². The fraction of sp³-hybridized carbons (Fsp3) is 0.400. The molecule has 0 amide bonds. The highest BCUT2D eigenvalue weighted by molar-refractivity contribution is 5.82. The summed E-state index contributed by atoms with van der Waals surface area (Å²) < 4.78 is 9.60. The van der Waals surface area contributed by atoms with Crippen LogP contribution >= 0.6 is 0 Å². The lowest BCUT2D eigenvalue weighted by molar-refractivity contribution is 0.177. The van der Waals surface area contributed by atoms with Gasteiger partial charge in [-0.25, -0.2) is 9.97 Å². The van der Waals surface area contributed by atoms with Crippen LogP contribution in [-0.4, -0.2) is 68.7 Å². The number of aliphatic hydroxyl groups is 1. The van der Waals surface area contributed by atoms with Crippen molar-refractivity contribution in [1.29, 1.82) is 0 Å². The van der Waals surface area contributed by atoms with Crippen molar-refractivity contribution in [1.82, 2.24) is 15.3 Å². The number of aromatic nitrogens is 2. The second-order valence-electron chi connectivity index (χ2n) is 8.46. The summed E-state index contributed by atoms with van der Waals surface area (Å²) in [6.07, 6.45) is 4.44. The average Bonchev–Trinajstić information content (AvgIpc) is 2.94. The molecule has 4 rings (SSSR count). The van der Waals surface area contributed by atoms with Crippen LogP contribution in [0.4, 0.5) is 5.95 Å². The van der Waals surface area contributed by atoms with Gasteiger partial charge in [0.1, 0.15) is 5.76 Å². The molecule has 2 heterocycles. The van der Waals surface area contributed by atoms with E-state index in [2.05, 4.69) is 94.0 Å². The van der Waals surface area contributed by atoms with E-state index in [0.717, 1.165) is 25.1 Å². The molecule has 37 heavy (non-hydrogen) atoms. The number of rotatable bonds is 6. The Morgan fingerprint density at radius 1 is 1.11 bits per heavy atom. The van der Waals surface area contributed by atoms with E-state index in [1.807, 2.05) is 14.0 Å². The van der Waals surface area contributed by atoms with Crippen molar-refractivity contribution in [3.63, 3.8) is 0 Å². The Hall–Kier alpha value is -3.26. The fourth-order valence-electron chi connectivity index (χ4n) is 3.97. The Bertz CT molecular complexity index is 1040. The zero-order chi connectivity index (χ0) is 27.6. The molecule has 0 unspecified atom stereocenters. The second kappa shape index (κ2) is 18.1. The van der Waals surface area contributed by atoms with Crippen molar-refractivity contribution >= 4 is 22.5 Å². The van der Waals surface area contributed by atoms with Gasteiger partial charge in [0.25, 0.3) is 0 Å². The smallest absolute Gasteiger partial charge is 0.225 e. The highest BCUT2D eigenvalue weighted by Gasteiger charge is 2.28. The van der Waals surface area contributed by atoms with Crippen molar-refractivity contribution < 1.29 is 14.6 Å². The van der Waals surface area contributed by atoms with E-state index in [9.17, 15) is 5.11 Å². The Kier molecular flexibility index (Phi) is 15.5. The van der Waals surface area contributed by atoms with E-state index in [0.29, 0.717) is 24.4 Å². The van der Waals surface area contributed by atoms with Crippen LogP contribution in [0.3, 0.4) is 0 Å². The molecule has 2 N–H and O–H groups in total. The Labute approximate surface area is 222 Å². The zero-order valence-electron chi connectivity index (χ0n) is 23.1. The van der Waals surface area contributed by atoms with Crippen molar-refractivity contribution in [2.45, 2.75) is 26.3 Å². The number of nitrogens with zero attached hydrogens (tertiary/aromatic N) is 3. The first-order valence-electron chi connectivity index (χ1n) is 12.5. The SMILES string of the molecule is C=C.C=C(OCC)c1cnc(N2CC[C@@H](NC)[C@@H](CO)C2)nc1.COC.Cc1ccc2ccccc2c1. The number of nitrogens with one attached hydrogen (secondary N) is 1. The summed E-state index contributed by atoms with van der Waals surface area (Å²) in [4.78, 5) is 10.9. The predicted octanol–water partition coefficient (Wildman–Crippen LogP) is 5.10. The Balaban J connectivity index is 0.000000356. The number of hydrogen-bond donors (Lipinski definition) is 2. The predicted molar refractivity (Wildman–Crippen MR) is 156 cm³/mol. The van der Waals surface area contributed by atoms with Crippen LogP contribution in [-0.2, 0) is 9.47 Å². The molecule has 0 saturated carbocycles. The fourth-order valence-corrected chi connectivity index (χ4v) is 3.97. The van der Waals surface area contributed by atoms with Gasteiger partial charge in [-0.05, 0) is 38.1 Å². The van der Waals surface area contributed by atoms with Gasteiger partial charge in [0.05, 0.1) is 12.2 Å². The average molecular weight is 509 g/mol. The van der Waals surface area contributed by atoms with Gasteiger partial charge in [-0.2, -0.15) is 0 Å². The van der Waals surface area contributed by atoms with Crippen LogP contribution in [0, 0.1) is 12.8 Å². The number of anilines is 1. The number of methoxy groups -OCH3 is 1. The van der Waals surface area contributed by atoms with Gasteiger partial charge in [0.15, 0.2) is 0 Å². The number of piperidine rings is 1. The van der Waals surface area contributed by atoms with Gasteiger partial charge in [-0.15, -0.1) is 13.2 Å². The van der Waals surface area contributed by atoms with Gasteiger partial charge >= 0.3 is 0 Å². The third-order valence-corrected chi connectivity index (χ3v) is 5.81. The van der Waals surface area contributed by atoms with Crippen molar-refractivity contribution in [3.05, 3.63) is 85.7 Å². The van der Waals surface area contributed by atoms with Crippen LogP contribution in [0.15, 0.2) is 74.6 Å². The molecule has 7 nitrogen and oxygen atoms in total. The molecule has 0 aliphatic carbocycles. The molecule has 202 valence electrons. The van der Waals surface area contributed by atoms with Crippen LogP contribution in [0.1, 0.15) is 24.5 Å². The molecule has 0 bridgehead atoms. The summed E-state index contributed by atoms with van der Waals surface area (Å²) >= 11 is 0. The van der Waals surface area contributed by atoms with E-state index in [1.54, 1.807) is 26.6 Å². The van der Waals surface area contributed by atoms with Crippen molar-refractivity contribution in [3.8, 4) is 0 Å². The monoisotopic (exact) mass is 508 g/mol. The molecule has 7 heteroatoms. The van der Waals surface area contributed by atoms with Crippen LogP contribution in [0.2, 0.25) is 0 Å². The minimum atomic E-state index is 0.168. The number of hydrogen-bond acceptors (Lipinski definition) is 7. The lowest BCUT2D eigenvalue weighted by Crippen LogP contribution is -2.50. The topological polar surface area (TPSA) is 79.7 Å². The Morgan fingerprint density at radius 2 is 1.73 bits per heavy atom. The lowest BCUT2D eigenvalue weighted by atomic mass is 9.93. The molecule has 1 saturated heterocycles. The maximum Gasteiger partial charge on any atom is 0.225 e. The Morgan fingerprint density at radius 3 is 2.30 bits per heavy atom.